The maximum Gasteiger partial charge on any atom is 0.465 e. The molecule has 4 saturated carbocycles. The van der Waals surface area contributed by atoms with Gasteiger partial charge in [-0.05, 0) is 37.5 Å². The van der Waals surface area contributed by atoms with Crippen LogP contribution in [0, 0.1) is 29.6 Å². The van der Waals surface area contributed by atoms with E-state index in [9.17, 15) is 26.8 Å². The van der Waals surface area contributed by atoms with Crippen LogP contribution in [0.15, 0.2) is 0 Å². The van der Waals surface area contributed by atoms with Crippen LogP contribution in [0.25, 0.3) is 0 Å². The Morgan fingerprint density at radius 3 is 2.59 bits per heavy atom. The Hall–Kier alpha value is -1.09. The first-order valence-corrected chi connectivity index (χ1v) is 8.61. The molecule has 9 heteroatoms. The smallest absolute Gasteiger partial charge is 0.460 e. The standard InChI is InChI=1S/C13H16F2O6S/c14-13(15,22(18,19)20)12(17)21-5-10-7-1-6-2-8(4-7)11(16)9(10)3-6/h6-10H,1-5H2,(H,18,19,20). The molecule has 5 unspecified atom stereocenters. The monoisotopic (exact) mass is 338 g/mol. The molecule has 0 radical (unpaired) electrons. The highest BCUT2D eigenvalue weighted by atomic mass is 32.2. The fourth-order valence-electron chi connectivity index (χ4n) is 4.36. The minimum absolute atomic E-state index is 0.0358. The van der Waals surface area contributed by atoms with Crippen LogP contribution >= 0.6 is 0 Å². The molecule has 124 valence electrons. The highest BCUT2D eigenvalue weighted by Crippen LogP contribution is 2.54. The third kappa shape index (κ3) is 2.34. The van der Waals surface area contributed by atoms with Crippen molar-refractivity contribution >= 4 is 21.9 Å². The van der Waals surface area contributed by atoms with E-state index in [0.717, 1.165) is 12.8 Å². The quantitative estimate of drug-likeness (QED) is 0.612. The van der Waals surface area contributed by atoms with Gasteiger partial charge in [0.1, 0.15) is 5.78 Å². The summed E-state index contributed by atoms with van der Waals surface area (Å²) in [5.41, 5.74) is 0. The van der Waals surface area contributed by atoms with E-state index in [2.05, 4.69) is 4.74 Å². The van der Waals surface area contributed by atoms with E-state index in [1.807, 2.05) is 0 Å². The Labute approximate surface area is 125 Å². The van der Waals surface area contributed by atoms with Crippen LogP contribution in [0.2, 0.25) is 0 Å². The molecule has 0 amide bonds. The summed E-state index contributed by atoms with van der Waals surface area (Å²) in [7, 11) is -5.86. The lowest BCUT2D eigenvalue weighted by molar-refractivity contribution is -0.170. The summed E-state index contributed by atoms with van der Waals surface area (Å²) >= 11 is 0. The SMILES string of the molecule is O=C1C2CC3CC(C2)C(COC(=O)C(F)(F)S(=O)(=O)O)C1C3. The molecular weight excluding hydrogens is 322 g/mol. The van der Waals surface area contributed by atoms with Crippen molar-refractivity contribution in [3.8, 4) is 0 Å². The number of halogens is 2. The van der Waals surface area contributed by atoms with Gasteiger partial charge in [0, 0.05) is 17.8 Å². The number of alkyl halides is 2. The molecule has 1 N–H and O–H groups in total. The molecule has 6 nitrogen and oxygen atoms in total. The lowest BCUT2D eigenvalue weighted by Crippen LogP contribution is -2.53. The van der Waals surface area contributed by atoms with Crippen LogP contribution in [0.4, 0.5) is 8.78 Å². The lowest BCUT2D eigenvalue weighted by atomic mass is 9.51. The highest BCUT2D eigenvalue weighted by Gasteiger charge is 2.56. The van der Waals surface area contributed by atoms with Gasteiger partial charge in [0.15, 0.2) is 0 Å². The van der Waals surface area contributed by atoms with Crippen LogP contribution in [-0.4, -0.2) is 36.6 Å². The number of hydrogen-bond acceptors (Lipinski definition) is 5. The van der Waals surface area contributed by atoms with Gasteiger partial charge in [-0.25, -0.2) is 4.79 Å². The van der Waals surface area contributed by atoms with E-state index in [0.29, 0.717) is 18.8 Å². The number of rotatable bonds is 4. The second kappa shape index (κ2) is 4.95. The van der Waals surface area contributed by atoms with Crippen molar-refractivity contribution in [1.29, 1.82) is 0 Å². The van der Waals surface area contributed by atoms with Gasteiger partial charge in [-0.1, -0.05) is 0 Å². The van der Waals surface area contributed by atoms with Gasteiger partial charge < -0.3 is 4.74 Å². The summed E-state index contributed by atoms with van der Waals surface area (Å²) in [6.07, 6.45) is 3.14. The van der Waals surface area contributed by atoms with Gasteiger partial charge in [0.25, 0.3) is 0 Å². The van der Waals surface area contributed by atoms with Crippen LogP contribution in [0.3, 0.4) is 0 Å². The fraction of sp³-hybridized carbons (Fsp3) is 0.846. The Balaban J connectivity index is 1.67. The molecule has 0 aromatic rings. The summed E-state index contributed by atoms with van der Waals surface area (Å²) in [6, 6.07) is 0. The summed E-state index contributed by atoms with van der Waals surface area (Å²) in [5, 5.41) is -4.98. The van der Waals surface area contributed by atoms with Crippen LogP contribution in [-0.2, 0) is 24.4 Å². The molecule has 4 fully saturated rings. The van der Waals surface area contributed by atoms with Gasteiger partial charge in [0.05, 0.1) is 6.61 Å². The highest BCUT2D eigenvalue weighted by molar-refractivity contribution is 7.87. The predicted molar refractivity (Wildman–Crippen MR) is 68.4 cm³/mol. The van der Waals surface area contributed by atoms with Gasteiger partial charge in [0.2, 0.25) is 0 Å². The number of Topliss-reactive ketones (excluding diaryl/α,β-unsaturated/α-hetero) is 1. The predicted octanol–water partition coefficient (Wildman–Crippen LogP) is 1.26. The third-order valence-corrected chi connectivity index (χ3v) is 6.10. The normalized spacial score (nSPS) is 37.4. The van der Waals surface area contributed by atoms with E-state index >= 15 is 0 Å². The maximum atomic E-state index is 13.1. The molecular formula is C13H16F2O6S. The number of hydrogen-bond donors (Lipinski definition) is 1. The van der Waals surface area contributed by atoms with Crippen molar-refractivity contribution in [2.45, 2.75) is 30.9 Å². The molecule has 5 atom stereocenters. The first-order valence-electron chi connectivity index (χ1n) is 7.17. The maximum absolute atomic E-state index is 13.1. The third-order valence-electron chi connectivity index (χ3n) is 5.29. The first kappa shape index (κ1) is 15.8. The average Bonchev–Trinajstić information content (AvgIpc) is 2.41. The molecule has 0 aromatic heterocycles. The first-order chi connectivity index (χ1) is 10.1. The second-order valence-electron chi connectivity index (χ2n) is 6.53. The molecule has 0 heterocycles. The summed E-state index contributed by atoms with van der Waals surface area (Å²) in [6.45, 7) is -0.412. The van der Waals surface area contributed by atoms with E-state index in [1.54, 1.807) is 0 Å². The van der Waals surface area contributed by atoms with E-state index < -0.39 is 27.9 Å². The molecule has 0 aromatic carbocycles. The zero-order valence-electron chi connectivity index (χ0n) is 11.6. The van der Waals surface area contributed by atoms with Crippen molar-refractivity contribution in [1.82, 2.24) is 0 Å². The molecule has 4 rings (SSSR count). The summed E-state index contributed by atoms with van der Waals surface area (Å²) in [5.74, 6) is -2.16. The van der Waals surface area contributed by atoms with Crippen molar-refractivity contribution in [2.24, 2.45) is 29.6 Å². The molecule has 22 heavy (non-hydrogen) atoms. The van der Waals surface area contributed by atoms with Crippen molar-refractivity contribution in [3.63, 3.8) is 0 Å². The Bertz CT molecular complexity index is 616. The lowest BCUT2D eigenvalue weighted by Gasteiger charge is -2.52. The molecule has 4 bridgehead atoms. The molecule has 4 aliphatic rings. The van der Waals surface area contributed by atoms with Crippen molar-refractivity contribution in [2.75, 3.05) is 6.61 Å². The Kier molecular flexibility index (Phi) is 3.56. The number of carbonyl (C=O) groups is 2. The fourth-order valence-corrected chi connectivity index (χ4v) is 4.63. The molecule has 4 aliphatic carbocycles. The summed E-state index contributed by atoms with van der Waals surface area (Å²) < 4.78 is 60.0. The topological polar surface area (TPSA) is 97.7 Å². The number of carbonyl (C=O) groups excluding carboxylic acids is 2. The average molecular weight is 338 g/mol. The zero-order chi connectivity index (χ0) is 16.3. The minimum atomic E-state index is -5.86. The number of ether oxygens (including phenoxy) is 1. The van der Waals surface area contributed by atoms with Crippen LogP contribution in [0.5, 0.6) is 0 Å². The van der Waals surface area contributed by atoms with Gasteiger partial charge in [-0.15, -0.1) is 0 Å². The van der Waals surface area contributed by atoms with Crippen LogP contribution < -0.4 is 0 Å². The van der Waals surface area contributed by atoms with Gasteiger partial charge in [-0.2, -0.15) is 17.2 Å². The summed E-state index contributed by atoms with van der Waals surface area (Å²) in [4.78, 5) is 23.4. The Morgan fingerprint density at radius 1 is 1.27 bits per heavy atom. The zero-order valence-corrected chi connectivity index (χ0v) is 12.4. The van der Waals surface area contributed by atoms with E-state index in [4.69, 9.17) is 4.55 Å². The van der Waals surface area contributed by atoms with Crippen molar-refractivity contribution in [3.05, 3.63) is 0 Å². The number of ketones is 1. The van der Waals surface area contributed by atoms with Crippen LogP contribution in [0.1, 0.15) is 25.7 Å². The van der Waals surface area contributed by atoms with Gasteiger partial charge in [-0.3, -0.25) is 9.35 Å². The Morgan fingerprint density at radius 2 is 1.95 bits per heavy atom. The largest absolute Gasteiger partial charge is 0.465 e. The molecule has 0 saturated heterocycles. The van der Waals surface area contributed by atoms with E-state index in [1.165, 1.54) is 0 Å². The van der Waals surface area contributed by atoms with E-state index in [-0.39, 0.29) is 29.5 Å². The second-order valence-corrected chi connectivity index (χ2v) is 7.99. The molecule has 0 aliphatic heterocycles. The number of esters is 1. The molecule has 0 spiro atoms. The van der Waals surface area contributed by atoms with Crippen molar-refractivity contribution < 1.29 is 36.1 Å². The van der Waals surface area contributed by atoms with Gasteiger partial charge >= 0.3 is 21.3 Å². The minimum Gasteiger partial charge on any atom is -0.460 e.